The average molecular weight is 364 g/mol. The Morgan fingerprint density at radius 3 is 2.19 bits per heavy atom. The van der Waals surface area contributed by atoms with Crippen molar-refractivity contribution in [3.63, 3.8) is 0 Å². The van der Waals surface area contributed by atoms with Crippen LogP contribution >= 0.6 is 0 Å². The Morgan fingerprint density at radius 2 is 1.63 bits per heavy atom. The Bertz CT molecular complexity index is 925. The van der Waals surface area contributed by atoms with Crippen LogP contribution in [-0.2, 0) is 12.1 Å². The monoisotopic (exact) mass is 363 g/mol. The van der Waals surface area contributed by atoms with Crippen molar-refractivity contribution in [2.75, 3.05) is 21.1 Å². The van der Waals surface area contributed by atoms with Crippen molar-refractivity contribution in [2.24, 2.45) is 0 Å². The number of rotatable bonds is 4. The number of hydrogen-bond donors (Lipinski definition) is 0. The van der Waals surface area contributed by atoms with Gasteiger partial charge in [0.05, 0.1) is 21.1 Å². The minimum absolute atomic E-state index is 0.0147. The van der Waals surface area contributed by atoms with E-state index in [-0.39, 0.29) is 11.2 Å². The van der Waals surface area contributed by atoms with Crippen molar-refractivity contribution in [2.45, 2.75) is 32.9 Å². The lowest BCUT2D eigenvalue weighted by molar-refractivity contribution is -0.893. The molecule has 1 heterocycles. The molecule has 3 rings (SSSR count). The maximum absolute atomic E-state index is 11.9. The molecule has 142 valence electrons. The molecule has 2 aromatic carbocycles. The summed E-state index contributed by atoms with van der Waals surface area (Å²) in [5.41, 5.74) is 5.28. The molecule has 0 spiro atoms. The molecule has 27 heavy (non-hydrogen) atoms. The smallest absolute Gasteiger partial charge is 0.173 e. The summed E-state index contributed by atoms with van der Waals surface area (Å²) in [4.78, 5) is 0. The van der Waals surface area contributed by atoms with E-state index in [0.29, 0.717) is 0 Å². The third-order valence-electron chi connectivity index (χ3n) is 4.50. The van der Waals surface area contributed by atoms with Crippen LogP contribution in [0.25, 0.3) is 22.4 Å². The zero-order valence-electron chi connectivity index (χ0n) is 17.2. The normalized spacial score (nSPS) is 12.4. The summed E-state index contributed by atoms with van der Waals surface area (Å²) in [5, 5.41) is 16.7. The van der Waals surface area contributed by atoms with Gasteiger partial charge in [-0.1, -0.05) is 69.3 Å². The molecule has 4 nitrogen and oxygen atoms in total. The molecule has 0 saturated heterocycles. The van der Waals surface area contributed by atoms with Gasteiger partial charge in [0.2, 0.25) is 0 Å². The molecule has 1 aromatic heterocycles. The zero-order chi connectivity index (χ0) is 19.8. The highest BCUT2D eigenvalue weighted by Crippen LogP contribution is 2.33. The van der Waals surface area contributed by atoms with Gasteiger partial charge < -0.3 is 9.59 Å². The lowest BCUT2D eigenvalue weighted by Crippen LogP contribution is -2.36. The van der Waals surface area contributed by atoms with E-state index >= 15 is 0 Å². The number of benzene rings is 2. The maximum Gasteiger partial charge on any atom is 0.173 e. The van der Waals surface area contributed by atoms with Crippen LogP contribution < -0.4 is 5.11 Å². The first-order valence-corrected chi connectivity index (χ1v) is 9.29. The SMILES string of the molecule is CC(C)(C)c1ccc(-c2nn(C[N+](C)(C)C)cc2-c2cccc([O-])c2)cc1. The highest BCUT2D eigenvalue weighted by atomic mass is 16.3. The largest absolute Gasteiger partial charge is 0.872 e. The van der Waals surface area contributed by atoms with E-state index in [2.05, 4.69) is 66.2 Å². The van der Waals surface area contributed by atoms with Crippen molar-refractivity contribution in [3.05, 3.63) is 60.3 Å². The number of quaternary nitrogens is 1. The van der Waals surface area contributed by atoms with E-state index < -0.39 is 0 Å². The lowest BCUT2D eigenvalue weighted by atomic mass is 9.86. The molecule has 0 bridgehead atoms. The zero-order valence-corrected chi connectivity index (χ0v) is 17.2. The minimum Gasteiger partial charge on any atom is -0.872 e. The second-order valence-electron chi connectivity index (χ2n) is 9.22. The summed E-state index contributed by atoms with van der Waals surface area (Å²) < 4.78 is 2.74. The van der Waals surface area contributed by atoms with Crippen molar-refractivity contribution < 1.29 is 9.59 Å². The summed E-state index contributed by atoms with van der Waals surface area (Å²) >= 11 is 0. The maximum atomic E-state index is 11.9. The van der Waals surface area contributed by atoms with Crippen molar-refractivity contribution in [3.8, 4) is 28.1 Å². The second-order valence-corrected chi connectivity index (χ2v) is 9.22. The molecule has 0 unspecified atom stereocenters. The Morgan fingerprint density at radius 1 is 0.963 bits per heavy atom. The van der Waals surface area contributed by atoms with Crippen LogP contribution in [0.1, 0.15) is 26.3 Å². The molecular weight excluding hydrogens is 334 g/mol. The number of nitrogens with zero attached hydrogens (tertiary/aromatic N) is 3. The van der Waals surface area contributed by atoms with Crippen molar-refractivity contribution in [1.29, 1.82) is 0 Å². The fraction of sp³-hybridized carbons (Fsp3) is 0.348. The Kier molecular flexibility index (Phi) is 4.87. The van der Waals surface area contributed by atoms with Crippen LogP contribution in [0.15, 0.2) is 54.7 Å². The molecule has 0 aliphatic rings. The van der Waals surface area contributed by atoms with Gasteiger partial charge >= 0.3 is 0 Å². The van der Waals surface area contributed by atoms with E-state index in [4.69, 9.17) is 5.10 Å². The molecule has 0 aliphatic carbocycles. The summed E-state index contributed by atoms with van der Waals surface area (Å²) in [6, 6.07) is 15.6. The van der Waals surface area contributed by atoms with E-state index in [1.165, 1.54) is 5.56 Å². The topological polar surface area (TPSA) is 40.9 Å². The summed E-state index contributed by atoms with van der Waals surface area (Å²) in [6.07, 6.45) is 2.05. The predicted octanol–water partition coefficient (Wildman–Crippen LogP) is 4.25. The van der Waals surface area contributed by atoms with E-state index in [1.54, 1.807) is 18.2 Å². The summed E-state index contributed by atoms with van der Waals surface area (Å²) in [6.45, 7) is 7.39. The van der Waals surface area contributed by atoms with Gasteiger partial charge in [-0.2, -0.15) is 5.10 Å². The molecule has 0 fully saturated rings. The first kappa shape index (κ1) is 19.2. The Labute approximate surface area is 162 Å². The molecule has 0 radical (unpaired) electrons. The van der Waals surface area contributed by atoms with Crippen LogP contribution in [0.4, 0.5) is 0 Å². The van der Waals surface area contributed by atoms with Gasteiger partial charge in [0.25, 0.3) is 0 Å². The first-order chi connectivity index (χ1) is 12.5. The van der Waals surface area contributed by atoms with E-state index in [9.17, 15) is 5.11 Å². The first-order valence-electron chi connectivity index (χ1n) is 9.29. The van der Waals surface area contributed by atoms with E-state index in [1.807, 2.05) is 16.9 Å². The number of aromatic nitrogens is 2. The van der Waals surface area contributed by atoms with Crippen LogP contribution in [0.3, 0.4) is 0 Å². The van der Waals surface area contributed by atoms with E-state index in [0.717, 1.165) is 33.5 Å². The molecule has 0 aliphatic heterocycles. The molecule has 0 N–H and O–H groups in total. The number of hydrogen-bond acceptors (Lipinski definition) is 2. The molecule has 3 aromatic rings. The van der Waals surface area contributed by atoms with Crippen LogP contribution in [-0.4, -0.2) is 35.4 Å². The molecule has 0 atom stereocenters. The average Bonchev–Trinajstić information content (AvgIpc) is 2.96. The highest BCUT2D eigenvalue weighted by Gasteiger charge is 2.18. The standard InChI is InChI=1S/C23H29N3O/c1-23(2,3)19-12-10-17(11-13-19)22-21(18-8-7-9-20(27)14-18)15-25(24-22)16-26(4,5)6/h7-15H,16H2,1-6H3. The molecule has 0 saturated carbocycles. The van der Waals surface area contributed by atoms with Gasteiger partial charge in [0.15, 0.2) is 6.67 Å². The fourth-order valence-electron chi connectivity index (χ4n) is 3.14. The quantitative estimate of drug-likeness (QED) is 0.650. The van der Waals surface area contributed by atoms with Gasteiger partial charge in [0, 0.05) is 17.3 Å². The predicted molar refractivity (Wildman–Crippen MR) is 109 cm³/mol. The fourth-order valence-corrected chi connectivity index (χ4v) is 3.14. The van der Waals surface area contributed by atoms with Crippen LogP contribution in [0, 0.1) is 0 Å². The lowest BCUT2D eigenvalue weighted by Gasteiger charge is -2.23. The third-order valence-corrected chi connectivity index (χ3v) is 4.50. The molecular formula is C23H29N3O. The van der Waals surface area contributed by atoms with Crippen molar-refractivity contribution in [1.82, 2.24) is 9.78 Å². The van der Waals surface area contributed by atoms with Gasteiger partial charge in [-0.05, 0) is 16.5 Å². The van der Waals surface area contributed by atoms with Gasteiger partial charge in [-0.25, -0.2) is 4.68 Å². The minimum atomic E-state index is 0.0147. The third kappa shape index (κ3) is 4.58. The van der Waals surface area contributed by atoms with Crippen LogP contribution in [0.5, 0.6) is 5.75 Å². The Hall–Kier alpha value is -2.59. The Balaban J connectivity index is 2.10. The summed E-state index contributed by atoms with van der Waals surface area (Å²) in [7, 11) is 6.41. The van der Waals surface area contributed by atoms with Crippen molar-refractivity contribution >= 4 is 0 Å². The summed E-state index contributed by atoms with van der Waals surface area (Å²) in [5.74, 6) is 0.0147. The van der Waals surface area contributed by atoms with Crippen LogP contribution in [0.2, 0.25) is 0 Å². The van der Waals surface area contributed by atoms with Gasteiger partial charge in [-0.3, -0.25) is 0 Å². The molecule has 4 heteroatoms. The van der Waals surface area contributed by atoms with Gasteiger partial charge in [-0.15, -0.1) is 5.75 Å². The molecule has 0 amide bonds. The highest BCUT2D eigenvalue weighted by molar-refractivity contribution is 5.81. The van der Waals surface area contributed by atoms with Gasteiger partial charge in [0.1, 0.15) is 5.69 Å². The second kappa shape index (κ2) is 6.86.